The number of hydrogen-bond donors (Lipinski definition) is 2. The van der Waals surface area contributed by atoms with Gasteiger partial charge in [0.1, 0.15) is 9.90 Å². The van der Waals surface area contributed by atoms with Crippen LogP contribution in [0.3, 0.4) is 0 Å². The molecular weight excluding hydrogens is 290 g/mol. The van der Waals surface area contributed by atoms with Gasteiger partial charge in [-0.15, -0.1) is 0 Å². The summed E-state index contributed by atoms with van der Waals surface area (Å²) in [4.78, 5) is 0.221. The van der Waals surface area contributed by atoms with Gasteiger partial charge in [-0.25, -0.2) is 8.42 Å². The van der Waals surface area contributed by atoms with E-state index < -0.39 is 9.84 Å². The number of nitrogens with one attached hydrogen (secondary N) is 1. The zero-order valence-corrected chi connectivity index (χ0v) is 12.6. The molecule has 1 aromatic rings. The Labute approximate surface area is 116 Å². The van der Waals surface area contributed by atoms with E-state index in [9.17, 15) is 8.42 Å². The number of sulfone groups is 1. The van der Waals surface area contributed by atoms with Gasteiger partial charge in [0, 0.05) is 6.54 Å². The smallest absolute Gasteiger partial charge is 0.187 e. The van der Waals surface area contributed by atoms with Crippen molar-refractivity contribution in [3.05, 3.63) is 0 Å². The molecule has 1 aliphatic carbocycles. The van der Waals surface area contributed by atoms with Crippen LogP contribution in [0.15, 0.2) is 4.90 Å². The lowest BCUT2D eigenvalue weighted by atomic mass is 10.5. The van der Waals surface area contributed by atoms with Crippen molar-refractivity contribution in [2.24, 2.45) is 0 Å². The summed E-state index contributed by atoms with van der Waals surface area (Å²) in [6.45, 7) is 0.746. The van der Waals surface area contributed by atoms with Gasteiger partial charge in [-0.05, 0) is 42.8 Å². The monoisotopic (exact) mass is 307 g/mol. The van der Waals surface area contributed by atoms with Crippen molar-refractivity contribution in [1.29, 1.82) is 0 Å². The molecule has 1 aliphatic rings. The summed E-state index contributed by atoms with van der Waals surface area (Å²) >= 11 is 2.91. The molecule has 18 heavy (non-hydrogen) atoms. The Kier molecular flexibility index (Phi) is 4.39. The third-order valence-electron chi connectivity index (χ3n) is 2.73. The largest absolute Gasteiger partial charge is 0.382 e. The highest BCUT2D eigenvalue weighted by atomic mass is 32.2. The molecule has 1 fully saturated rings. The summed E-state index contributed by atoms with van der Waals surface area (Å²) in [6, 6.07) is 0. The molecule has 2 rings (SSSR count). The fourth-order valence-corrected chi connectivity index (χ4v) is 4.99. The maximum absolute atomic E-state index is 12.2. The maximum Gasteiger partial charge on any atom is 0.187 e. The summed E-state index contributed by atoms with van der Waals surface area (Å²) < 4.78 is 28.4. The molecule has 8 heteroatoms. The molecule has 5 nitrogen and oxygen atoms in total. The van der Waals surface area contributed by atoms with Crippen molar-refractivity contribution in [1.82, 2.24) is 4.37 Å². The van der Waals surface area contributed by atoms with Crippen LogP contribution in [0.2, 0.25) is 0 Å². The van der Waals surface area contributed by atoms with Crippen LogP contribution in [0.25, 0.3) is 0 Å². The lowest BCUT2D eigenvalue weighted by molar-refractivity contribution is 0.595. The van der Waals surface area contributed by atoms with E-state index in [0.717, 1.165) is 43.1 Å². The average molecular weight is 307 g/mol. The minimum Gasteiger partial charge on any atom is -0.382 e. The van der Waals surface area contributed by atoms with Crippen LogP contribution in [0.4, 0.5) is 10.8 Å². The van der Waals surface area contributed by atoms with Crippen LogP contribution >= 0.6 is 23.3 Å². The van der Waals surface area contributed by atoms with Crippen molar-refractivity contribution >= 4 is 44.0 Å². The minimum absolute atomic E-state index is 0.138. The van der Waals surface area contributed by atoms with Gasteiger partial charge in [-0.3, -0.25) is 0 Å². The van der Waals surface area contributed by atoms with E-state index in [-0.39, 0.29) is 16.0 Å². The first-order valence-electron chi connectivity index (χ1n) is 5.79. The second-order valence-electron chi connectivity index (χ2n) is 4.24. The third kappa shape index (κ3) is 2.92. The number of aromatic nitrogens is 1. The lowest BCUT2D eigenvalue weighted by Gasteiger charge is -2.07. The molecule has 0 aromatic carbocycles. The fraction of sp³-hybridized carbons (Fsp3) is 0.700. The van der Waals surface area contributed by atoms with Crippen molar-refractivity contribution in [3.8, 4) is 0 Å². The number of nitrogen functional groups attached to an aromatic ring is 1. The number of nitrogens with zero attached hydrogens (tertiary/aromatic N) is 1. The van der Waals surface area contributed by atoms with E-state index in [1.807, 2.05) is 6.26 Å². The van der Waals surface area contributed by atoms with E-state index in [0.29, 0.717) is 5.00 Å². The van der Waals surface area contributed by atoms with Gasteiger partial charge in [-0.1, -0.05) is 0 Å². The zero-order valence-electron chi connectivity index (χ0n) is 10.2. The first-order valence-corrected chi connectivity index (χ1v) is 9.50. The van der Waals surface area contributed by atoms with Gasteiger partial charge < -0.3 is 11.1 Å². The van der Waals surface area contributed by atoms with Gasteiger partial charge in [0.2, 0.25) is 0 Å². The van der Waals surface area contributed by atoms with Crippen LogP contribution < -0.4 is 11.1 Å². The number of thioether (sulfide) groups is 1. The van der Waals surface area contributed by atoms with Crippen LogP contribution in [-0.2, 0) is 9.84 Å². The highest BCUT2D eigenvalue weighted by Gasteiger charge is 2.40. The third-order valence-corrected chi connectivity index (χ3v) is 6.71. The molecule has 0 aliphatic heterocycles. The van der Waals surface area contributed by atoms with Gasteiger partial charge in [0.05, 0.1) is 5.25 Å². The quantitative estimate of drug-likeness (QED) is 0.748. The molecule has 0 radical (unpaired) electrons. The molecule has 3 N–H and O–H groups in total. The zero-order chi connectivity index (χ0) is 13.2. The SMILES string of the molecule is CSCCCNc1snc(N)c1S(=O)(=O)C1CC1. The van der Waals surface area contributed by atoms with Crippen molar-refractivity contribution in [3.63, 3.8) is 0 Å². The Bertz CT molecular complexity index is 508. The van der Waals surface area contributed by atoms with Crippen LogP contribution in [-0.4, -0.2) is 36.6 Å². The molecule has 0 amide bonds. The van der Waals surface area contributed by atoms with Crippen LogP contribution in [0.5, 0.6) is 0 Å². The van der Waals surface area contributed by atoms with E-state index >= 15 is 0 Å². The Morgan fingerprint density at radius 2 is 2.28 bits per heavy atom. The molecule has 1 saturated carbocycles. The number of hydrogen-bond acceptors (Lipinski definition) is 7. The summed E-state index contributed by atoms with van der Waals surface area (Å²) in [7, 11) is -3.27. The van der Waals surface area contributed by atoms with Crippen LogP contribution in [0, 0.1) is 0 Å². The topological polar surface area (TPSA) is 85.1 Å². The first kappa shape index (κ1) is 14.0. The fourth-order valence-electron chi connectivity index (χ4n) is 1.64. The molecule has 1 aromatic heterocycles. The summed E-state index contributed by atoms with van der Waals surface area (Å²) in [5.74, 6) is 1.19. The van der Waals surface area contributed by atoms with Crippen molar-refractivity contribution in [2.45, 2.75) is 29.4 Å². The second kappa shape index (κ2) is 5.66. The molecular formula is C10H17N3O2S3. The maximum atomic E-state index is 12.2. The average Bonchev–Trinajstić information content (AvgIpc) is 3.10. The summed E-state index contributed by atoms with van der Waals surface area (Å²) in [5, 5.41) is 3.49. The van der Waals surface area contributed by atoms with Crippen molar-refractivity contribution < 1.29 is 8.42 Å². The molecule has 0 spiro atoms. The predicted molar refractivity (Wildman–Crippen MR) is 78.2 cm³/mol. The van der Waals surface area contributed by atoms with Gasteiger partial charge >= 0.3 is 0 Å². The van der Waals surface area contributed by atoms with Gasteiger partial charge in [-0.2, -0.15) is 16.1 Å². The van der Waals surface area contributed by atoms with E-state index in [2.05, 4.69) is 9.69 Å². The normalized spacial score (nSPS) is 15.8. The number of nitrogens with two attached hydrogens (primary N) is 1. The molecule has 0 atom stereocenters. The summed E-state index contributed by atoms with van der Waals surface area (Å²) in [5.41, 5.74) is 5.70. The highest BCUT2D eigenvalue weighted by molar-refractivity contribution is 7.98. The lowest BCUT2D eigenvalue weighted by Crippen LogP contribution is -2.12. The molecule has 0 bridgehead atoms. The first-order chi connectivity index (χ1) is 8.57. The highest BCUT2D eigenvalue weighted by Crippen LogP contribution is 2.40. The standard InChI is InChI=1S/C10H17N3O2S3/c1-16-6-2-5-12-10-8(9(11)13-17-10)18(14,15)7-3-4-7/h7,12H,2-6H2,1H3,(H2,11,13). The summed E-state index contributed by atoms with van der Waals surface area (Å²) in [6.07, 6.45) is 4.52. The Balaban J connectivity index is 2.12. The number of rotatable bonds is 7. The Morgan fingerprint density at radius 3 is 2.89 bits per heavy atom. The van der Waals surface area contributed by atoms with E-state index in [4.69, 9.17) is 5.73 Å². The minimum atomic E-state index is -3.27. The van der Waals surface area contributed by atoms with E-state index in [1.54, 1.807) is 11.8 Å². The molecule has 1 heterocycles. The Morgan fingerprint density at radius 1 is 1.56 bits per heavy atom. The molecule has 102 valence electrons. The molecule has 0 saturated heterocycles. The molecule has 0 unspecified atom stereocenters. The van der Waals surface area contributed by atoms with Gasteiger partial charge in [0.15, 0.2) is 15.7 Å². The predicted octanol–water partition coefficient (Wildman–Crippen LogP) is 1.83. The second-order valence-corrected chi connectivity index (χ2v) is 8.17. The van der Waals surface area contributed by atoms with Crippen LogP contribution in [0.1, 0.15) is 19.3 Å². The van der Waals surface area contributed by atoms with Gasteiger partial charge in [0.25, 0.3) is 0 Å². The van der Waals surface area contributed by atoms with Crippen molar-refractivity contribution in [2.75, 3.05) is 29.6 Å². The number of anilines is 2. The van der Waals surface area contributed by atoms with E-state index in [1.165, 1.54) is 0 Å². The Hall–Kier alpha value is -0.470.